The molecule has 3 aromatic heterocycles. The van der Waals surface area contributed by atoms with Crippen molar-refractivity contribution >= 4 is 17.0 Å². The van der Waals surface area contributed by atoms with Crippen LogP contribution in [0.15, 0.2) is 29.3 Å². The third-order valence-electron chi connectivity index (χ3n) is 6.27. The Kier molecular flexibility index (Phi) is 4.55. The number of hydrogen-bond donors (Lipinski definition) is 1. The molecule has 30 heavy (non-hydrogen) atoms. The molecule has 0 aromatic carbocycles. The SMILES string of the molecule is C[C@H]1CC2(CCN(c3nc4n[nH]c(C#Cc5cccnc5)c4c(=O)n3C)CC2)CO1. The molecule has 0 aliphatic carbocycles. The van der Waals surface area contributed by atoms with Crippen molar-refractivity contribution in [2.24, 2.45) is 12.5 Å². The van der Waals surface area contributed by atoms with Gasteiger partial charge in [-0.05, 0) is 49.7 Å². The van der Waals surface area contributed by atoms with Gasteiger partial charge in [-0.25, -0.2) is 0 Å². The first-order chi connectivity index (χ1) is 14.5. The number of piperidine rings is 1. The van der Waals surface area contributed by atoms with Gasteiger partial charge in [0.25, 0.3) is 5.56 Å². The van der Waals surface area contributed by atoms with Gasteiger partial charge in [0.05, 0.1) is 12.7 Å². The van der Waals surface area contributed by atoms with Gasteiger partial charge >= 0.3 is 0 Å². The Morgan fingerprint density at radius 1 is 1.30 bits per heavy atom. The highest BCUT2D eigenvalue weighted by Gasteiger charge is 2.41. The molecular weight excluding hydrogens is 380 g/mol. The molecule has 0 unspecified atom stereocenters. The lowest BCUT2D eigenvalue weighted by Crippen LogP contribution is -2.43. The Labute approximate surface area is 174 Å². The summed E-state index contributed by atoms with van der Waals surface area (Å²) in [7, 11) is 1.76. The number of aromatic nitrogens is 5. The van der Waals surface area contributed by atoms with E-state index in [4.69, 9.17) is 9.72 Å². The van der Waals surface area contributed by atoms with Crippen LogP contribution >= 0.6 is 0 Å². The highest BCUT2D eigenvalue weighted by molar-refractivity contribution is 5.81. The Morgan fingerprint density at radius 3 is 2.83 bits per heavy atom. The number of fused-ring (bicyclic) bond motifs is 1. The average Bonchev–Trinajstić information content (AvgIpc) is 3.34. The summed E-state index contributed by atoms with van der Waals surface area (Å²) in [4.78, 5) is 24.1. The Balaban J connectivity index is 1.44. The molecule has 1 spiro atoms. The number of pyridine rings is 1. The summed E-state index contributed by atoms with van der Waals surface area (Å²) in [6.45, 7) is 4.71. The number of rotatable bonds is 1. The van der Waals surface area contributed by atoms with Crippen molar-refractivity contribution in [2.45, 2.75) is 32.3 Å². The fraction of sp³-hybridized carbons (Fsp3) is 0.455. The third kappa shape index (κ3) is 3.25. The number of hydrogen-bond acceptors (Lipinski definition) is 6. The smallest absolute Gasteiger partial charge is 0.267 e. The Bertz CT molecular complexity index is 1200. The predicted octanol–water partition coefficient (Wildman–Crippen LogP) is 1.85. The van der Waals surface area contributed by atoms with E-state index in [1.165, 1.54) is 0 Å². The standard InChI is InChI=1S/C22H24N6O2/c1-15-12-22(14-30-15)7-10-28(11-8-22)21-24-19-18(20(29)27(21)2)17(25-26-19)6-5-16-4-3-9-23-13-16/h3-4,9,13,15H,7-8,10-12,14H2,1-2H3,(H,25,26)/t15-/m0/s1. The van der Waals surface area contributed by atoms with E-state index in [1.807, 2.05) is 12.1 Å². The summed E-state index contributed by atoms with van der Waals surface area (Å²) < 4.78 is 7.43. The molecule has 0 radical (unpaired) electrons. The summed E-state index contributed by atoms with van der Waals surface area (Å²) in [5, 5.41) is 7.55. The van der Waals surface area contributed by atoms with Gasteiger partial charge in [0.15, 0.2) is 5.65 Å². The van der Waals surface area contributed by atoms with E-state index in [1.54, 1.807) is 24.0 Å². The second kappa shape index (κ2) is 7.26. The summed E-state index contributed by atoms with van der Waals surface area (Å²) in [5.41, 5.74) is 1.79. The molecule has 0 bridgehead atoms. The summed E-state index contributed by atoms with van der Waals surface area (Å²) in [6.07, 6.45) is 6.93. The van der Waals surface area contributed by atoms with Crippen LogP contribution in [0.5, 0.6) is 0 Å². The molecule has 2 fully saturated rings. The van der Waals surface area contributed by atoms with Crippen molar-refractivity contribution in [3.8, 4) is 11.8 Å². The van der Waals surface area contributed by atoms with Crippen LogP contribution in [0.25, 0.3) is 11.0 Å². The number of anilines is 1. The topological polar surface area (TPSA) is 88.9 Å². The number of ether oxygens (including phenoxy) is 1. The minimum absolute atomic E-state index is 0.141. The number of H-pyrrole nitrogens is 1. The molecule has 2 aliphatic heterocycles. The monoisotopic (exact) mass is 404 g/mol. The van der Waals surface area contributed by atoms with Crippen LogP contribution in [0, 0.1) is 17.3 Å². The zero-order valence-electron chi connectivity index (χ0n) is 17.2. The molecule has 3 aromatic rings. The van der Waals surface area contributed by atoms with Crippen molar-refractivity contribution < 1.29 is 4.74 Å². The van der Waals surface area contributed by atoms with Gasteiger partial charge in [-0.2, -0.15) is 10.1 Å². The lowest BCUT2D eigenvalue weighted by molar-refractivity contribution is 0.0974. The first-order valence-electron chi connectivity index (χ1n) is 10.3. The van der Waals surface area contributed by atoms with Crippen molar-refractivity contribution in [2.75, 3.05) is 24.6 Å². The first kappa shape index (κ1) is 18.8. The summed E-state index contributed by atoms with van der Waals surface area (Å²) >= 11 is 0. The van der Waals surface area contributed by atoms with E-state index in [0.29, 0.717) is 28.8 Å². The number of nitrogens with zero attached hydrogens (tertiary/aromatic N) is 5. The second-order valence-electron chi connectivity index (χ2n) is 8.38. The highest BCUT2D eigenvalue weighted by Crippen LogP contribution is 2.42. The molecule has 5 rings (SSSR count). The van der Waals surface area contributed by atoms with Crippen LogP contribution in [0.2, 0.25) is 0 Å². The maximum atomic E-state index is 13.1. The lowest BCUT2D eigenvalue weighted by Gasteiger charge is -2.39. The Morgan fingerprint density at radius 2 is 2.13 bits per heavy atom. The molecule has 0 amide bonds. The van der Waals surface area contributed by atoms with Crippen LogP contribution in [-0.4, -0.2) is 50.5 Å². The molecule has 1 N–H and O–H groups in total. The predicted molar refractivity (Wildman–Crippen MR) is 113 cm³/mol. The fourth-order valence-corrected chi connectivity index (χ4v) is 4.57. The zero-order chi connectivity index (χ0) is 20.7. The molecule has 2 aliphatic rings. The molecule has 1 atom stereocenters. The van der Waals surface area contributed by atoms with E-state index in [9.17, 15) is 4.79 Å². The van der Waals surface area contributed by atoms with Crippen LogP contribution in [0.3, 0.4) is 0 Å². The van der Waals surface area contributed by atoms with E-state index < -0.39 is 0 Å². The molecule has 8 heteroatoms. The van der Waals surface area contributed by atoms with Gasteiger partial charge in [-0.1, -0.05) is 5.92 Å². The van der Waals surface area contributed by atoms with E-state index >= 15 is 0 Å². The van der Waals surface area contributed by atoms with Crippen molar-refractivity contribution in [1.82, 2.24) is 24.7 Å². The quantitative estimate of drug-likeness (QED) is 0.623. The Hall–Kier alpha value is -3.18. The molecular formula is C22H24N6O2. The molecule has 5 heterocycles. The van der Waals surface area contributed by atoms with E-state index in [-0.39, 0.29) is 11.0 Å². The van der Waals surface area contributed by atoms with Crippen LogP contribution < -0.4 is 10.5 Å². The maximum absolute atomic E-state index is 13.1. The normalized spacial score (nSPS) is 20.5. The summed E-state index contributed by atoms with van der Waals surface area (Å²) in [6, 6.07) is 3.69. The minimum atomic E-state index is -0.141. The maximum Gasteiger partial charge on any atom is 0.267 e. The molecule has 0 saturated carbocycles. The molecule has 8 nitrogen and oxygen atoms in total. The first-order valence-corrected chi connectivity index (χ1v) is 10.3. The minimum Gasteiger partial charge on any atom is -0.378 e. The molecule has 154 valence electrons. The van der Waals surface area contributed by atoms with Gasteiger partial charge in [-0.15, -0.1) is 0 Å². The fourth-order valence-electron chi connectivity index (χ4n) is 4.57. The van der Waals surface area contributed by atoms with Crippen LogP contribution in [0.1, 0.15) is 37.4 Å². The second-order valence-corrected chi connectivity index (χ2v) is 8.38. The van der Waals surface area contributed by atoms with Gasteiger partial charge in [0.1, 0.15) is 11.1 Å². The van der Waals surface area contributed by atoms with Crippen LogP contribution in [-0.2, 0) is 11.8 Å². The van der Waals surface area contributed by atoms with Crippen molar-refractivity contribution in [3.63, 3.8) is 0 Å². The van der Waals surface area contributed by atoms with Crippen LogP contribution in [0.4, 0.5) is 5.95 Å². The zero-order valence-corrected chi connectivity index (χ0v) is 17.2. The van der Waals surface area contributed by atoms with Gasteiger partial charge in [0, 0.05) is 38.1 Å². The van der Waals surface area contributed by atoms with Gasteiger partial charge < -0.3 is 9.64 Å². The number of aromatic amines is 1. The largest absolute Gasteiger partial charge is 0.378 e. The van der Waals surface area contributed by atoms with Crippen molar-refractivity contribution in [1.29, 1.82) is 0 Å². The van der Waals surface area contributed by atoms with Crippen molar-refractivity contribution in [3.05, 3.63) is 46.1 Å². The van der Waals surface area contributed by atoms with Gasteiger partial charge in [0.2, 0.25) is 5.95 Å². The third-order valence-corrected chi connectivity index (χ3v) is 6.27. The summed E-state index contributed by atoms with van der Waals surface area (Å²) in [5.74, 6) is 6.67. The number of nitrogens with one attached hydrogen (secondary N) is 1. The van der Waals surface area contributed by atoms with Gasteiger partial charge in [-0.3, -0.25) is 19.4 Å². The van der Waals surface area contributed by atoms with E-state index in [2.05, 4.69) is 38.8 Å². The average molecular weight is 404 g/mol. The lowest BCUT2D eigenvalue weighted by atomic mass is 9.77. The van der Waals surface area contributed by atoms with E-state index in [0.717, 1.165) is 44.5 Å². The highest BCUT2D eigenvalue weighted by atomic mass is 16.5. The molecule has 2 saturated heterocycles.